The summed E-state index contributed by atoms with van der Waals surface area (Å²) in [5, 5.41) is 0.696. The number of benzene rings is 1. The number of aryl methyl sites for hydroxylation is 1. The average molecular weight is 340 g/mol. The van der Waals surface area contributed by atoms with Crippen molar-refractivity contribution in [3.05, 3.63) is 28.8 Å². The highest BCUT2D eigenvalue weighted by Gasteiger charge is 2.31. The number of amides is 1. The quantitative estimate of drug-likeness (QED) is 0.846. The number of likely N-dealkylation sites (tertiary alicyclic amines) is 1. The van der Waals surface area contributed by atoms with Crippen molar-refractivity contribution < 1.29 is 19.0 Å². The SMILES string of the molecule is Cc1cc(OCC(=O)N2CCC(C3OCCO3)CC2)ccc1Cl. The fourth-order valence-electron chi connectivity index (χ4n) is 3.01. The van der Waals surface area contributed by atoms with Gasteiger partial charge in [-0.2, -0.15) is 0 Å². The molecule has 2 aliphatic rings. The molecule has 6 heteroatoms. The zero-order valence-electron chi connectivity index (χ0n) is 13.3. The van der Waals surface area contributed by atoms with Gasteiger partial charge in [-0.25, -0.2) is 0 Å². The van der Waals surface area contributed by atoms with E-state index in [0.717, 1.165) is 31.5 Å². The van der Waals surface area contributed by atoms with Crippen LogP contribution in [0.4, 0.5) is 0 Å². The first-order valence-electron chi connectivity index (χ1n) is 8.03. The molecule has 0 aromatic heterocycles. The molecule has 1 amide bonds. The lowest BCUT2D eigenvalue weighted by atomic mass is 9.96. The number of hydrogen-bond donors (Lipinski definition) is 0. The van der Waals surface area contributed by atoms with Gasteiger partial charge in [-0.1, -0.05) is 11.6 Å². The summed E-state index contributed by atoms with van der Waals surface area (Å²) in [6.45, 7) is 4.79. The minimum absolute atomic E-state index is 0.0179. The monoisotopic (exact) mass is 339 g/mol. The van der Waals surface area contributed by atoms with Crippen LogP contribution in [-0.2, 0) is 14.3 Å². The highest BCUT2D eigenvalue weighted by molar-refractivity contribution is 6.31. The predicted molar refractivity (Wildman–Crippen MR) is 86.7 cm³/mol. The number of piperidine rings is 1. The largest absolute Gasteiger partial charge is 0.484 e. The van der Waals surface area contributed by atoms with Crippen molar-refractivity contribution in [3.8, 4) is 5.75 Å². The van der Waals surface area contributed by atoms with Crippen molar-refractivity contribution >= 4 is 17.5 Å². The van der Waals surface area contributed by atoms with Crippen LogP contribution in [0.15, 0.2) is 18.2 Å². The molecular weight excluding hydrogens is 318 g/mol. The highest BCUT2D eigenvalue weighted by Crippen LogP contribution is 2.26. The summed E-state index contributed by atoms with van der Waals surface area (Å²) in [6.07, 6.45) is 1.74. The predicted octanol–water partition coefficient (Wildman–Crippen LogP) is 2.64. The molecule has 3 rings (SSSR count). The van der Waals surface area contributed by atoms with Crippen LogP contribution >= 0.6 is 11.6 Å². The Kier molecular flexibility index (Phi) is 5.41. The number of carbonyl (C=O) groups excluding carboxylic acids is 1. The van der Waals surface area contributed by atoms with Crippen LogP contribution in [0.1, 0.15) is 18.4 Å². The Labute approximate surface area is 141 Å². The summed E-state index contributed by atoms with van der Waals surface area (Å²) in [5.74, 6) is 1.08. The van der Waals surface area contributed by atoms with E-state index in [4.69, 9.17) is 25.8 Å². The van der Waals surface area contributed by atoms with Crippen LogP contribution in [0.5, 0.6) is 5.75 Å². The number of carbonyl (C=O) groups is 1. The molecule has 0 bridgehead atoms. The summed E-state index contributed by atoms with van der Waals surface area (Å²) in [4.78, 5) is 14.1. The maximum atomic E-state index is 12.3. The van der Waals surface area contributed by atoms with Crippen LogP contribution < -0.4 is 4.74 Å². The summed E-state index contributed by atoms with van der Waals surface area (Å²) < 4.78 is 16.7. The van der Waals surface area contributed by atoms with Crippen molar-refractivity contribution in [1.82, 2.24) is 4.90 Å². The van der Waals surface area contributed by atoms with Crippen molar-refractivity contribution in [1.29, 1.82) is 0 Å². The van der Waals surface area contributed by atoms with Gasteiger partial charge in [-0.3, -0.25) is 4.79 Å². The molecule has 1 aromatic carbocycles. The molecule has 0 spiro atoms. The lowest BCUT2D eigenvalue weighted by Gasteiger charge is -2.33. The molecule has 2 fully saturated rings. The van der Waals surface area contributed by atoms with Gasteiger partial charge in [-0.15, -0.1) is 0 Å². The van der Waals surface area contributed by atoms with Crippen LogP contribution in [-0.4, -0.2) is 50.0 Å². The van der Waals surface area contributed by atoms with Crippen molar-refractivity contribution in [2.45, 2.75) is 26.1 Å². The van der Waals surface area contributed by atoms with Gasteiger partial charge in [0.05, 0.1) is 13.2 Å². The van der Waals surface area contributed by atoms with E-state index < -0.39 is 0 Å². The molecule has 2 saturated heterocycles. The van der Waals surface area contributed by atoms with E-state index in [9.17, 15) is 4.79 Å². The lowest BCUT2D eigenvalue weighted by Crippen LogP contribution is -2.43. The van der Waals surface area contributed by atoms with Gasteiger partial charge in [0.1, 0.15) is 5.75 Å². The molecule has 1 aromatic rings. The molecule has 0 radical (unpaired) electrons. The standard InChI is InChI=1S/C17H22ClNO4/c1-12-10-14(2-3-15(12)18)23-11-16(20)19-6-4-13(5-7-19)17-21-8-9-22-17/h2-3,10,13,17H,4-9,11H2,1H3. The molecule has 0 N–H and O–H groups in total. The zero-order valence-corrected chi connectivity index (χ0v) is 14.1. The second-order valence-electron chi connectivity index (χ2n) is 6.03. The molecule has 2 aliphatic heterocycles. The third-order valence-electron chi connectivity index (χ3n) is 4.42. The van der Waals surface area contributed by atoms with Crippen molar-refractivity contribution in [2.75, 3.05) is 32.9 Å². The fourth-order valence-corrected chi connectivity index (χ4v) is 3.13. The molecular formula is C17H22ClNO4. The second kappa shape index (κ2) is 7.51. The van der Waals surface area contributed by atoms with Gasteiger partial charge in [0.2, 0.25) is 0 Å². The molecule has 0 unspecified atom stereocenters. The van der Waals surface area contributed by atoms with Crippen molar-refractivity contribution in [3.63, 3.8) is 0 Å². The first kappa shape index (κ1) is 16.6. The van der Waals surface area contributed by atoms with E-state index in [2.05, 4.69) is 0 Å². The van der Waals surface area contributed by atoms with Crippen LogP contribution in [0.3, 0.4) is 0 Å². The first-order valence-corrected chi connectivity index (χ1v) is 8.41. The van der Waals surface area contributed by atoms with E-state index in [1.807, 2.05) is 17.9 Å². The number of halogens is 1. The Morgan fingerprint density at radius 3 is 2.65 bits per heavy atom. The van der Waals surface area contributed by atoms with Crippen LogP contribution in [0.2, 0.25) is 5.02 Å². The smallest absolute Gasteiger partial charge is 0.260 e. The zero-order chi connectivity index (χ0) is 16.2. The minimum atomic E-state index is -0.0828. The van der Waals surface area contributed by atoms with Crippen LogP contribution in [0, 0.1) is 12.8 Å². The highest BCUT2D eigenvalue weighted by atomic mass is 35.5. The van der Waals surface area contributed by atoms with Gasteiger partial charge in [-0.05, 0) is 43.5 Å². The maximum absolute atomic E-state index is 12.3. The Bertz CT molecular complexity index is 552. The molecule has 0 saturated carbocycles. The average Bonchev–Trinajstić information content (AvgIpc) is 3.10. The Morgan fingerprint density at radius 2 is 2.00 bits per heavy atom. The third-order valence-corrected chi connectivity index (χ3v) is 4.84. The van der Waals surface area contributed by atoms with E-state index in [0.29, 0.717) is 29.9 Å². The van der Waals surface area contributed by atoms with Gasteiger partial charge < -0.3 is 19.1 Å². The molecule has 5 nitrogen and oxygen atoms in total. The number of hydrogen-bond acceptors (Lipinski definition) is 4. The van der Waals surface area contributed by atoms with E-state index in [1.54, 1.807) is 12.1 Å². The molecule has 0 atom stereocenters. The minimum Gasteiger partial charge on any atom is -0.484 e. The Balaban J connectivity index is 1.44. The maximum Gasteiger partial charge on any atom is 0.260 e. The third kappa shape index (κ3) is 4.16. The number of nitrogens with zero attached hydrogens (tertiary/aromatic N) is 1. The normalized spacial score (nSPS) is 20.0. The fraction of sp³-hybridized carbons (Fsp3) is 0.588. The van der Waals surface area contributed by atoms with E-state index in [-0.39, 0.29) is 18.8 Å². The molecule has 2 heterocycles. The summed E-state index contributed by atoms with van der Waals surface area (Å²) >= 11 is 5.98. The van der Waals surface area contributed by atoms with Gasteiger partial charge in [0, 0.05) is 24.0 Å². The van der Waals surface area contributed by atoms with E-state index >= 15 is 0 Å². The summed E-state index contributed by atoms with van der Waals surface area (Å²) in [7, 11) is 0. The topological polar surface area (TPSA) is 48.0 Å². The molecule has 0 aliphatic carbocycles. The number of rotatable bonds is 4. The second-order valence-corrected chi connectivity index (χ2v) is 6.44. The van der Waals surface area contributed by atoms with Crippen LogP contribution in [0.25, 0.3) is 0 Å². The first-order chi connectivity index (χ1) is 11.1. The molecule has 23 heavy (non-hydrogen) atoms. The molecule has 126 valence electrons. The Hall–Kier alpha value is -1.30. The van der Waals surface area contributed by atoms with Crippen molar-refractivity contribution in [2.24, 2.45) is 5.92 Å². The van der Waals surface area contributed by atoms with E-state index in [1.165, 1.54) is 0 Å². The Morgan fingerprint density at radius 1 is 1.30 bits per heavy atom. The van der Waals surface area contributed by atoms with Gasteiger partial charge in [0.25, 0.3) is 5.91 Å². The summed E-state index contributed by atoms with van der Waals surface area (Å²) in [5.41, 5.74) is 0.939. The van der Waals surface area contributed by atoms with Gasteiger partial charge in [0.15, 0.2) is 12.9 Å². The number of ether oxygens (including phenoxy) is 3. The summed E-state index contributed by atoms with van der Waals surface area (Å²) in [6, 6.07) is 5.41. The van der Waals surface area contributed by atoms with Gasteiger partial charge >= 0.3 is 0 Å². The lowest BCUT2D eigenvalue weighted by molar-refractivity contribution is -0.138.